The van der Waals surface area contributed by atoms with Gasteiger partial charge < -0.3 is 13.7 Å². The highest BCUT2D eigenvalue weighted by Gasteiger charge is 2.49. The molecule has 0 saturated heterocycles. The smallest absolute Gasteiger partial charge is 0.144 e. The van der Waals surface area contributed by atoms with Crippen LogP contribution in [0.15, 0.2) is 203 Å². The van der Waals surface area contributed by atoms with Gasteiger partial charge in [0.2, 0.25) is 0 Å². The minimum atomic E-state index is -0.344. The number of rotatable bonds is 5. The molecule has 0 aliphatic heterocycles. The third-order valence-electron chi connectivity index (χ3n) is 17.9. The van der Waals surface area contributed by atoms with Gasteiger partial charge in [0.1, 0.15) is 22.3 Å². The lowest BCUT2D eigenvalue weighted by Crippen LogP contribution is -2.24. The summed E-state index contributed by atoms with van der Waals surface area (Å²) in [6.07, 6.45) is 0. The van der Waals surface area contributed by atoms with Gasteiger partial charge in [-0.05, 0) is 143 Å². The topological polar surface area (TPSA) is 29.5 Å². The van der Waals surface area contributed by atoms with Gasteiger partial charge in [-0.25, -0.2) is 0 Å². The minimum Gasteiger partial charge on any atom is -0.455 e. The molecule has 0 radical (unpaired) electrons. The van der Waals surface area contributed by atoms with E-state index >= 15 is 0 Å². The predicted molar refractivity (Wildman–Crippen MR) is 318 cm³/mol. The summed E-state index contributed by atoms with van der Waals surface area (Å²) in [6.45, 7) is 21.5. The average Bonchev–Trinajstić information content (AvgIpc) is 4.37. The molecule has 3 heteroatoms. The molecular weight excluding hydrogens is 923 g/mol. The molecular formula is C73H59NO2. The van der Waals surface area contributed by atoms with Gasteiger partial charge in [0, 0.05) is 66.0 Å². The molecule has 15 rings (SSSR count). The van der Waals surface area contributed by atoms with Crippen LogP contribution in [0.2, 0.25) is 0 Å². The molecule has 0 fully saturated rings. The fraction of sp³-hybridized carbons (Fsp3) is 0.178. The number of hydrogen-bond donors (Lipinski definition) is 0. The highest BCUT2D eigenvalue weighted by atomic mass is 16.3. The van der Waals surface area contributed by atoms with Crippen molar-refractivity contribution in [1.82, 2.24) is 0 Å². The first kappa shape index (κ1) is 45.0. The molecule has 0 unspecified atom stereocenters. The van der Waals surface area contributed by atoms with Gasteiger partial charge in [0.25, 0.3) is 0 Å². The second-order valence-electron chi connectivity index (χ2n) is 24.4. The maximum Gasteiger partial charge on any atom is 0.144 e. The van der Waals surface area contributed by atoms with E-state index in [2.05, 4.69) is 261 Å². The van der Waals surface area contributed by atoms with Crippen molar-refractivity contribution in [3.05, 3.63) is 233 Å². The molecule has 3 aliphatic carbocycles. The van der Waals surface area contributed by atoms with E-state index in [1.807, 2.05) is 0 Å². The first-order chi connectivity index (χ1) is 36.6. The SMILES string of the molecule is CC(C)(C)c1ccccc1-c1cc2c(c3c1oc1ccccc13)-c1ccc(N(c3ccc(-c4ccccc4)cc3)c3ccc4c(c3)C(C)(C)c3c5c(c6oc7ccccc7c6c3-4)-c3ccccc3C5(C)C)cc1C2(C)C. The summed E-state index contributed by atoms with van der Waals surface area (Å²) in [5, 5.41) is 4.73. The normalized spacial score (nSPS) is 15.2. The van der Waals surface area contributed by atoms with Crippen LogP contribution in [0, 0.1) is 0 Å². The number of benzene rings is 10. The molecule has 2 heterocycles. The molecule has 0 N–H and O–H groups in total. The molecule has 3 aliphatic rings. The first-order valence-electron chi connectivity index (χ1n) is 27.1. The Morgan fingerprint density at radius 3 is 1.51 bits per heavy atom. The van der Waals surface area contributed by atoms with Crippen LogP contribution < -0.4 is 4.90 Å². The summed E-state index contributed by atoms with van der Waals surface area (Å²) >= 11 is 0. The van der Waals surface area contributed by atoms with Crippen molar-refractivity contribution in [3.8, 4) is 55.6 Å². The lowest BCUT2D eigenvalue weighted by molar-refractivity contribution is 0.591. The van der Waals surface area contributed by atoms with Crippen molar-refractivity contribution in [2.45, 2.75) is 84.0 Å². The van der Waals surface area contributed by atoms with E-state index in [1.165, 1.54) is 105 Å². The fourth-order valence-electron chi connectivity index (χ4n) is 14.3. The number of hydrogen-bond acceptors (Lipinski definition) is 3. The van der Waals surface area contributed by atoms with Crippen molar-refractivity contribution in [1.29, 1.82) is 0 Å². The zero-order valence-electron chi connectivity index (χ0n) is 44.7. The zero-order valence-corrected chi connectivity index (χ0v) is 44.7. The second-order valence-corrected chi connectivity index (χ2v) is 24.4. The monoisotopic (exact) mass is 981 g/mol. The Hall–Kier alpha value is -8.40. The maximum atomic E-state index is 7.02. The van der Waals surface area contributed by atoms with Crippen LogP contribution in [0.25, 0.3) is 99.5 Å². The number of para-hydroxylation sites is 2. The van der Waals surface area contributed by atoms with E-state index < -0.39 is 0 Å². The van der Waals surface area contributed by atoms with Crippen molar-refractivity contribution < 1.29 is 8.83 Å². The van der Waals surface area contributed by atoms with Gasteiger partial charge in [-0.3, -0.25) is 0 Å². The standard InChI is InChI=1S/C73H59NO2/c1-70(2,3)54-27-17-13-23-47(54)53-41-58-61(63-51-25-15-19-29-59(51)75-68(53)63)49-37-35-45(39-56(49)71(58,4)5)74(44-33-31-43(32-34-44)42-21-11-10-12-22-42)46-36-38-50-57(40-46)73(8,9)66-62(50)64-52-26-16-20-30-60(52)76-69(64)65-48-24-14-18-28-55(48)72(6,7)67(65)66/h10-41H,1-9H3. The van der Waals surface area contributed by atoms with Crippen LogP contribution in [-0.2, 0) is 21.7 Å². The Morgan fingerprint density at radius 2 is 0.842 bits per heavy atom. The van der Waals surface area contributed by atoms with E-state index in [1.54, 1.807) is 0 Å². The number of fused-ring (bicyclic) bond motifs is 19. The molecule has 0 spiro atoms. The lowest BCUT2D eigenvalue weighted by Gasteiger charge is -2.32. The van der Waals surface area contributed by atoms with E-state index in [9.17, 15) is 0 Å². The van der Waals surface area contributed by atoms with Crippen LogP contribution in [-0.4, -0.2) is 0 Å². The third kappa shape index (κ3) is 6.00. The van der Waals surface area contributed by atoms with Crippen molar-refractivity contribution in [2.24, 2.45) is 0 Å². The predicted octanol–water partition coefficient (Wildman–Crippen LogP) is 20.5. The van der Waals surface area contributed by atoms with Gasteiger partial charge in [-0.2, -0.15) is 0 Å². The summed E-state index contributed by atoms with van der Waals surface area (Å²) in [6, 6.07) is 72.0. The molecule has 0 atom stereocenters. The largest absolute Gasteiger partial charge is 0.455 e. The Kier molecular flexibility index (Phi) is 9.10. The summed E-state index contributed by atoms with van der Waals surface area (Å²) in [5.74, 6) is 0. The van der Waals surface area contributed by atoms with E-state index in [-0.39, 0.29) is 21.7 Å². The Bertz CT molecular complexity index is 4450. The van der Waals surface area contributed by atoms with E-state index in [4.69, 9.17) is 8.83 Å². The molecule has 12 aromatic rings. The third-order valence-corrected chi connectivity index (χ3v) is 17.9. The molecule has 0 saturated carbocycles. The summed E-state index contributed by atoms with van der Waals surface area (Å²) < 4.78 is 14.0. The summed E-state index contributed by atoms with van der Waals surface area (Å²) in [5.41, 5.74) is 28.0. The van der Waals surface area contributed by atoms with Gasteiger partial charge in [-0.15, -0.1) is 0 Å². The van der Waals surface area contributed by atoms with Crippen LogP contribution >= 0.6 is 0 Å². The number of furan rings is 2. The molecule has 10 aromatic carbocycles. The highest BCUT2D eigenvalue weighted by Crippen LogP contribution is 2.64. The van der Waals surface area contributed by atoms with E-state index in [0.29, 0.717) is 0 Å². The van der Waals surface area contributed by atoms with Gasteiger partial charge in [0.05, 0.1) is 0 Å². The Morgan fingerprint density at radius 1 is 0.355 bits per heavy atom. The molecule has 3 nitrogen and oxygen atoms in total. The lowest BCUT2D eigenvalue weighted by atomic mass is 9.72. The average molecular weight is 982 g/mol. The molecule has 368 valence electrons. The second kappa shape index (κ2) is 15.4. The summed E-state index contributed by atoms with van der Waals surface area (Å²) in [4.78, 5) is 2.49. The Labute approximate surface area is 445 Å². The zero-order chi connectivity index (χ0) is 51.8. The van der Waals surface area contributed by atoms with Crippen LogP contribution in [0.1, 0.15) is 101 Å². The van der Waals surface area contributed by atoms with Crippen LogP contribution in [0.5, 0.6) is 0 Å². The number of nitrogens with zero attached hydrogens (tertiary/aromatic N) is 1. The molecule has 0 bridgehead atoms. The van der Waals surface area contributed by atoms with Crippen molar-refractivity contribution in [2.75, 3.05) is 4.90 Å². The van der Waals surface area contributed by atoms with Crippen LogP contribution in [0.3, 0.4) is 0 Å². The maximum absolute atomic E-state index is 7.02. The fourth-order valence-corrected chi connectivity index (χ4v) is 14.3. The van der Waals surface area contributed by atoms with Crippen LogP contribution in [0.4, 0.5) is 17.1 Å². The number of anilines is 3. The summed E-state index contributed by atoms with van der Waals surface area (Å²) in [7, 11) is 0. The first-order valence-corrected chi connectivity index (χ1v) is 27.1. The quantitative estimate of drug-likeness (QED) is 0.172. The van der Waals surface area contributed by atoms with E-state index in [0.717, 1.165) is 50.3 Å². The molecule has 76 heavy (non-hydrogen) atoms. The van der Waals surface area contributed by atoms with Gasteiger partial charge in [0.15, 0.2) is 0 Å². The van der Waals surface area contributed by atoms with Crippen molar-refractivity contribution >= 4 is 60.9 Å². The Balaban J connectivity index is 0.950. The molecule has 0 amide bonds. The highest BCUT2D eigenvalue weighted by molar-refractivity contribution is 6.21. The van der Waals surface area contributed by atoms with Gasteiger partial charge in [-0.1, -0.05) is 202 Å². The molecule has 2 aromatic heterocycles. The van der Waals surface area contributed by atoms with Crippen molar-refractivity contribution in [3.63, 3.8) is 0 Å². The van der Waals surface area contributed by atoms with Gasteiger partial charge >= 0.3 is 0 Å². The minimum absolute atomic E-state index is 0.0675.